The first-order valence-corrected chi connectivity index (χ1v) is 6.53. The molecule has 3 nitrogen and oxygen atoms in total. The standard InChI is InChI=1S/C10H6Br2ClNO2/c11-5-2-1-4(3-6(5)13)7-8(12)10(16)14-9(7)15/h1-3,7-8H,(H,14,15,16). The minimum Gasteiger partial charge on any atom is -0.295 e. The number of nitrogens with one attached hydrogen (secondary N) is 1. The van der Waals surface area contributed by atoms with E-state index in [1.54, 1.807) is 18.2 Å². The molecule has 6 heteroatoms. The van der Waals surface area contributed by atoms with Gasteiger partial charge in [0.2, 0.25) is 11.8 Å². The van der Waals surface area contributed by atoms with Crippen molar-refractivity contribution < 1.29 is 9.59 Å². The van der Waals surface area contributed by atoms with Crippen molar-refractivity contribution >= 4 is 55.3 Å². The molecule has 16 heavy (non-hydrogen) atoms. The van der Waals surface area contributed by atoms with Gasteiger partial charge in [-0.15, -0.1) is 0 Å². The summed E-state index contributed by atoms with van der Waals surface area (Å²) in [5, 5.41) is 2.79. The Balaban J connectivity index is 2.40. The van der Waals surface area contributed by atoms with Crippen LogP contribution in [0.4, 0.5) is 0 Å². The smallest absolute Gasteiger partial charge is 0.241 e. The summed E-state index contributed by atoms with van der Waals surface area (Å²) in [7, 11) is 0. The molecule has 2 rings (SSSR count). The molecular formula is C10H6Br2ClNO2. The fourth-order valence-corrected chi connectivity index (χ4v) is 2.67. The maximum absolute atomic E-state index is 11.6. The third kappa shape index (κ3) is 2.04. The van der Waals surface area contributed by atoms with Gasteiger partial charge in [0.15, 0.2) is 0 Å². The van der Waals surface area contributed by atoms with Crippen molar-refractivity contribution in [1.82, 2.24) is 5.32 Å². The summed E-state index contributed by atoms with van der Waals surface area (Å²) in [5.74, 6) is -1.13. The van der Waals surface area contributed by atoms with Crippen molar-refractivity contribution in [2.45, 2.75) is 10.7 Å². The highest BCUT2D eigenvalue weighted by atomic mass is 79.9. The quantitative estimate of drug-likeness (QED) is 0.613. The van der Waals surface area contributed by atoms with E-state index in [1.165, 1.54) is 0 Å². The molecule has 84 valence electrons. The molecule has 1 aromatic carbocycles. The van der Waals surface area contributed by atoms with Crippen LogP contribution in [0.25, 0.3) is 0 Å². The second kappa shape index (κ2) is 4.47. The Hall–Kier alpha value is -0.390. The van der Waals surface area contributed by atoms with Gasteiger partial charge in [-0.1, -0.05) is 33.6 Å². The number of hydrogen-bond donors (Lipinski definition) is 1. The number of rotatable bonds is 1. The van der Waals surface area contributed by atoms with E-state index in [2.05, 4.69) is 37.2 Å². The van der Waals surface area contributed by atoms with Crippen LogP contribution in [0.2, 0.25) is 5.02 Å². The van der Waals surface area contributed by atoms with Crippen molar-refractivity contribution in [1.29, 1.82) is 0 Å². The fraction of sp³-hybridized carbons (Fsp3) is 0.200. The number of alkyl halides is 1. The normalized spacial score (nSPS) is 24.7. The van der Waals surface area contributed by atoms with Gasteiger partial charge in [-0.2, -0.15) is 0 Å². The van der Waals surface area contributed by atoms with E-state index in [1.807, 2.05) is 0 Å². The van der Waals surface area contributed by atoms with Crippen LogP contribution in [0.15, 0.2) is 22.7 Å². The third-order valence-electron chi connectivity index (χ3n) is 2.37. The Morgan fingerprint density at radius 3 is 2.44 bits per heavy atom. The number of imide groups is 1. The molecule has 0 aliphatic carbocycles. The first-order chi connectivity index (χ1) is 7.50. The monoisotopic (exact) mass is 365 g/mol. The lowest BCUT2D eigenvalue weighted by Gasteiger charge is -2.10. The van der Waals surface area contributed by atoms with Gasteiger partial charge in [0.25, 0.3) is 0 Å². The molecule has 1 fully saturated rings. The summed E-state index contributed by atoms with van der Waals surface area (Å²) >= 11 is 12.4. The minimum absolute atomic E-state index is 0.301. The largest absolute Gasteiger partial charge is 0.295 e. The maximum atomic E-state index is 11.6. The van der Waals surface area contributed by atoms with Crippen molar-refractivity contribution in [2.75, 3.05) is 0 Å². The lowest BCUT2D eigenvalue weighted by atomic mass is 9.98. The average Bonchev–Trinajstić information content (AvgIpc) is 2.47. The molecular weight excluding hydrogens is 361 g/mol. The first-order valence-electron chi connectivity index (χ1n) is 4.44. The number of carbonyl (C=O) groups excluding carboxylic acids is 2. The predicted molar refractivity (Wildman–Crippen MR) is 67.8 cm³/mol. The van der Waals surface area contributed by atoms with E-state index < -0.39 is 10.7 Å². The maximum Gasteiger partial charge on any atom is 0.241 e. The summed E-state index contributed by atoms with van der Waals surface area (Å²) in [6, 6.07) is 5.21. The molecule has 0 radical (unpaired) electrons. The molecule has 1 heterocycles. The molecule has 1 aliphatic rings. The zero-order valence-corrected chi connectivity index (χ0v) is 11.8. The van der Waals surface area contributed by atoms with Crippen molar-refractivity contribution in [3.8, 4) is 0 Å². The SMILES string of the molecule is O=C1NC(=O)C(c2ccc(Br)c(Cl)c2)C1Br. The Labute approximate surface area is 114 Å². The zero-order valence-electron chi connectivity index (χ0n) is 7.84. The highest BCUT2D eigenvalue weighted by molar-refractivity contribution is 9.10. The Kier molecular flexibility index (Phi) is 3.37. The van der Waals surface area contributed by atoms with Crippen LogP contribution in [-0.2, 0) is 9.59 Å². The highest BCUT2D eigenvalue weighted by Gasteiger charge is 2.40. The van der Waals surface area contributed by atoms with Gasteiger partial charge in [-0.3, -0.25) is 14.9 Å². The molecule has 0 saturated carbocycles. The molecule has 0 spiro atoms. The van der Waals surface area contributed by atoms with Gasteiger partial charge >= 0.3 is 0 Å². The molecule has 1 N–H and O–H groups in total. The van der Waals surface area contributed by atoms with Crippen LogP contribution in [0.3, 0.4) is 0 Å². The van der Waals surface area contributed by atoms with Crippen LogP contribution in [0.5, 0.6) is 0 Å². The van der Waals surface area contributed by atoms with E-state index in [-0.39, 0.29) is 11.8 Å². The zero-order chi connectivity index (χ0) is 11.9. The van der Waals surface area contributed by atoms with Gasteiger partial charge in [0.1, 0.15) is 4.83 Å². The number of benzene rings is 1. The first kappa shape index (κ1) is 12.1. The van der Waals surface area contributed by atoms with Crippen LogP contribution in [0.1, 0.15) is 11.5 Å². The van der Waals surface area contributed by atoms with Crippen molar-refractivity contribution in [3.05, 3.63) is 33.3 Å². The van der Waals surface area contributed by atoms with E-state index in [0.29, 0.717) is 5.02 Å². The lowest BCUT2D eigenvalue weighted by molar-refractivity contribution is -0.125. The molecule has 2 atom stereocenters. The van der Waals surface area contributed by atoms with Gasteiger partial charge < -0.3 is 0 Å². The average molecular weight is 367 g/mol. The second-order valence-electron chi connectivity index (χ2n) is 3.41. The summed E-state index contributed by atoms with van der Waals surface area (Å²) in [5.41, 5.74) is 0.721. The molecule has 2 amide bonds. The lowest BCUT2D eigenvalue weighted by Crippen LogP contribution is -2.22. The third-order valence-corrected chi connectivity index (χ3v) is 4.55. The number of halogens is 3. The van der Waals surface area contributed by atoms with Crippen molar-refractivity contribution in [3.63, 3.8) is 0 Å². The van der Waals surface area contributed by atoms with Gasteiger partial charge in [-0.25, -0.2) is 0 Å². The minimum atomic E-state index is -0.530. The molecule has 1 aliphatic heterocycles. The molecule has 2 unspecified atom stereocenters. The number of carbonyl (C=O) groups is 2. The van der Waals surface area contributed by atoms with E-state index in [0.717, 1.165) is 10.0 Å². The molecule has 1 saturated heterocycles. The Morgan fingerprint density at radius 1 is 1.25 bits per heavy atom. The van der Waals surface area contributed by atoms with E-state index in [9.17, 15) is 9.59 Å². The molecule has 0 aromatic heterocycles. The summed E-state index contributed by atoms with van der Waals surface area (Å²) < 4.78 is 0.758. The second-order valence-corrected chi connectivity index (χ2v) is 5.65. The van der Waals surface area contributed by atoms with Gasteiger partial charge in [0.05, 0.1) is 10.9 Å². The molecule has 1 aromatic rings. The summed E-state index contributed by atoms with van der Waals surface area (Å²) in [6.45, 7) is 0. The Bertz CT molecular complexity index is 478. The van der Waals surface area contributed by atoms with E-state index in [4.69, 9.17) is 11.6 Å². The topological polar surface area (TPSA) is 46.2 Å². The summed E-state index contributed by atoms with van der Waals surface area (Å²) in [6.07, 6.45) is 0. The van der Waals surface area contributed by atoms with Crippen LogP contribution >= 0.6 is 43.5 Å². The number of amides is 2. The Morgan fingerprint density at radius 2 is 1.94 bits per heavy atom. The van der Waals surface area contributed by atoms with Crippen LogP contribution < -0.4 is 5.32 Å². The number of hydrogen-bond acceptors (Lipinski definition) is 2. The highest BCUT2D eigenvalue weighted by Crippen LogP contribution is 2.33. The van der Waals surface area contributed by atoms with Crippen LogP contribution in [-0.4, -0.2) is 16.6 Å². The predicted octanol–water partition coefficient (Wildman–Crippen LogP) is 2.61. The van der Waals surface area contributed by atoms with Gasteiger partial charge in [0, 0.05) is 4.47 Å². The molecule has 0 bridgehead atoms. The van der Waals surface area contributed by atoms with Crippen molar-refractivity contribution in [2.24, 2.45) is 0 Å². The summed E-state index contributed by atoms with van der Waals surface area (Å²) in [4.78, 5) is 22.3. The fourth-order valence-electron chi connectivity index (χ4n) is 1.58. The van der Waals surface area contributed by atoms with E-state index >= 15 is 0 Å². The van der Waals surface area contributed by atoms with Gasteiger partial charge in [-0.05, 0) is 33.6 Å². The van der Waals surface area contributed by atoms with Crippen LogP contribution in [0, 0.1) is 0 Å².